The topological polar surface area (TPSA) is 52.5 Å². The fourth-order valence-corrected chi connectivity index (χ4v) is 1.85. The number of hydrogen-bond donors (Lipinski definition) is 3. The van der Waals surface area contributed by atoms with Crippen molar-refractivity contribution >= 4 is 0 Å². The van der Waals surface area contributed by atoms with Gasteiger partial charge in [0.05, 0.1) is 6.10 Å². The molecular weight excluding hydrogens is 202 g/mol. The minimum absolute atomic E-state index is 0.546. The van der Waals surface area contributed by atoms with Crippen LogP contribution in [0.1, 0.15) is 29.2 Å². The first kappa shape index (κ1) is 13.2. The predicted octanol–water partition coefficient (Wildman–Crippen LogP) is 1.31. The zero-order valence-corrected chi connectivity index (χ0v) is 10.2. The van der Waals surface area contributed by atoms with E-state index in [4.69, 9.17) is 0 Å². The summed E-state index contributed by atoms with van der Waals surface area (Å²) in [5, 5.41) is 22.7. The second-order valence-electron chi connectivity index (χ2n) is 4.33. The molecule has 0 amide bonds. The van der Waals surface area contributed by atoms with Crippen molar-refractivity contribution in [3.63, 3.8) is 0 Å². The van der Waals surface area contributed by atoms with Gasteiger partial charge in [0.15, 0.2) is 0 Å². The number of nitrogens with one attached hydrogen (secondary N) is 1. The highest BCUT2D eigenvalue weighted by molar-refractivity contribution is 5.30. The first-order valence-electron chi connectivity index (χ1n) is 5.63. The number of hydrogen-bond acceptors (Lipinski definition) is 3. The van der Waals surface area contributed by atoms with Gasteiger partial charge in [-0.2, -0.15) is 0 Å². The Morgan fingerprint density at radius 1 is 1.12 bits per heavy atom. The van der Waals surface area contributed by atoms with Crippen LogP contribution in [-0.4, -0.2) is 29.9 Å². The van der Waals surface area contributed by atoms with Crippen LogP contribution in [0.15, 0.2) is 18.2 Å². The molecule has 0 aliphatic heterocycles. The van der Waals surface area contributed by atoms with Crippen molar-refractivity contribution in [1.29, 1.82) is 0 Å². The van der Waals surface area contributed by atoms with Crippen LogP contribution in [0.3, 0.4) is 0 Å². The zero-order chi connectivity index (χ0) is 12.1. The Balaban J connectivity index is 2.74. The smallest absolute Gasteiger partial charge is 0.105 e. The van der Waals surface area contributed by atoms with Crippen LogP contribution in [0.25, 0.3) is 0 Å². The number of aliphatic hydroxyl groups is 2. The quantitative estimate of drug-likeness (QED) is 0.705. The first-order chi connectivity index (χ1) is 7.54. The molecule has 0 fully saturated rings. The van der Waals surface area contributed by atoms with Gasteiger partial charge < -0.3 is 15.5 Å². The molecule has 16 heavy (non-hydrogen) atoms. The Morgan fingerprint density at radius 2 is 1.69 bits per heavy atom. The van der Waals surface area contributed by atoms with E-state index in [1.807, 2.05) is 33.0 Å². The molecule has 2 atom stereocenters. The normalized spacial score (nSPS) is 14.8. The molecular formula is C13H21NO2. The van der Waals surface area contributed by atoms with Crippen LogP contribution >= 0.6 is 0 Å². The van der Waals surface area contributed by atoms with Gasteiger partial charge in [0, 0.05) is 0 Å². The second-order valence-corrected chi connectivity index (χ2v) is 4.33. The molecule has 0 heterocycles. The number of aliphatic hydroxyl groups excluding tert-OH is 2. The van der Waals surface area contributed by atoms with Crippen molar-refractivity contribution in [2.75, 3.05) is 13.6 Å². The van der Waals surface area contributed by atoms with E-state index in [2.05, 4.69) is 11.4 Å². The Hall–Kier alpha value is -0.900. The highest BCUT2D eigenvalue weighted by Gasteiger charge is 2.18. The average Bonchev–Trinajstić information content (AvgIpc) is 2.23. The maximum absolute atomic E-state index is 9.99. The van der Waals surface area contributed by atoms with Crippen LogP contribution in [0.4, 0.5) is 0 Å². The molecule has 3 nitrogen and oxygen atoms in total. The lowest BCUT2D eigenvalue weighted by Gasteiger charge is -2.19. The fourth-order valence-electron chi connectivity index (χ4n) is 1.85. The molecule has 0 spiro atoms. The van der Waals surface area contributed by atoms with Crippen LogP contribution < -0.4 is 5.32 Å². The summed E-state index contributed by atoms with van der Waals surface area (Å²) < 4.78 is 0. The summed E-state index contributed by atoms with van der Waals surface area (Å²) in [4.78, 5) is 0. The predicted molar refractivity (Wildman–Crippen MR) is 65.4 cm³/mol. The Bertz CT molecular complexity index is 318. The molecule has 1 aromatic rings. The molecule has 0 saturated heterocycles. The molecule has 0 aliphatic carbocycles. The molecule has 0 bridgehead atoms. The Labute approximate surface area is 97.1 Å². The molecule has 0 aromatic heterocycles. The molecule has 0 aliphatic rings. The van der Waals surface area contributed by atoms with Crippen molar-refractivity contribution in [1.82, 2.24) is 5.32 Å². The van der Waals surface area contributed by atoms with Crippen molar-refractivity contribution in [3.8, 4) is 0 Å². The van der Waals surface area contributed by atoms with Gasteiger partial charge in [-0.15, -0.1) is 0 Å². The standard InChI is InChI=1S/C13H21NO2/c1-9-6-10(2)8-11(7-9)13(16)12(15)4-5-14-3/h6-8,12-16H,4-5H2,1-3H3. The molecule has 3 heteroatoms. The van der Waals surface area contributed by atoms with Crippen molar-refractivity contribution in [3.05, 3.63) is 34.9 Å². The zero-order valence-electron chi connectivity index (χ0n) is 10.2. The van der Waals surface area contributed by atoms with E-state index >= 15 is 0 Å². The summed E-state index contributed by atoms with van der Waals surface area (Å²) in [5.41, 5.74) is 3.01. The van der Waals surface area contributed by atoms with Gasteiger partial charge in [0.2, 0.25) is 0 Å². The molecule has 90 valence electrons. The highest BCUT2D eigenvalue weighted by Crippen LogP contribution is 2.21. The van der Waals surface area contributed by atoms with Gasteiger partial charge in [-0.25, -0.2) is 0 Å². The van der Waals surface area contributed by atoms with Gasteiger partial charge in [-0.3, -0.25) is 0 Å². The van der Waals surface area contributed by atoms with Crippen LogP contribution in [0.5, 0.6) is 0 Å². The first-order valence-corrected chi connectivity index (χ1v) is 5.63. The average molecular weight is 223 g/mol. The van der Waals surface area contributed by atoms with Gasteiger partial charge in [0.25, 0.3) is 0 Å². The summed E-state index contributed by atoms with van der Waals surface area (Å²) >= 11 is 0. The fraction of sp³-hybridized carbons (Fsp3) is 0.538. The van der Waals surface area contributed by atoms with E-state index in [1.54, 1.807) is 0 Å². The molecule has 2 unspecified atom stereocenters. The van der Waals surface area contributed by atoms with Gasteiger partial charge in [0.1, 0.15) is 6.10 Å². The van der Waals surface area contributed by atoms with Crippen LogP contribution in [-0.2, 0) is 0 Å². The van der Waals surface area contributed by atoms with E-state index in [0.717, 1.165) is 16.7 Å². The SMILES string of the molecule is CNCCC(O)C(O)c1cc(C)cc(C)c1. The monoisotopic (exact) mass is 223 g/mol. The number of aryl methyl sites for hydroxylation is 2. The Morgan fingerprint density at radius 3 is 2.19 bits per heavy atom. The maximum Gasteiger partial charge on any atom is 0.105 e. The van der Waals surface area contributed by atoms with Crippen molar-refractivity contribution in [2.45, 2.75) is 32.5 Å². The number of benzene rings is 1. The minimum atomic E-state index is -0.799. The van der Waals surface area contributed by atoms with Crippen LogP contribution in [0.2, 0.25) is 0 Å². The van der Waals surface area contributed by atoms with E-state index in [-0.39, 0.29) is 0 Å². The van der Waals surface area contributed by atoms with Gasteiger partial charge >= 0.3 is 0 Å². The third-order valence-corrected chi connectivity index (χ3v) is 2.64. The van der Waals surface area contributed by atoms with E-state index in [1.165, 1.54) is 0 Å². The molecule has 0 saturated carbocycles. The molecule has 1 rings (SSSR count). The van der Waals surface area contributed by atoms with Gasteiger partial charge in [-0.1, -0.05) is 29.3 Å². The lowest BCUT2D eigenvalue weighted by atomic mass is 9.98. The van der Waals surface area contributed by atoms with E-state index in [0.29, 0.717) is 13.0 Å². The lowest BCUT2D eigenvalue weighted by molar-refractivity contribution is 0.0140. The summed E-state index contributed by atoms with van der Waals surface area (Å²) in [6.07, 6.45) is -0.967. The Kier molecular flexibility index (Phi) is 4.93. The maximum atomic E-state index is 9.99. The summed E-state index contributed by atoms with van der Waals surface area (Å²) in [7, 11) is 1.83. The van der Waals surface area contributed by atoms with Crippen molar-refractivity contribution < 1.29 is 10.2 Å². The third-order valence-electron chi connectivity index (χ3n) is 2.64. The summed E-state index contributed by atoms with van der Waals surface area (Å²) in [6, 6.07) is 5.89. The molecule has 1 aromatic carbocycles. The third kappa shape index (κ3) is 3.59. The van der Waals surface area contributed by atoms with Crippen molar-refractivity contribution in [2.24, 2.45) is 0 Å². The molecule has 0 radical (unpaired) electrons. The summed E-state index contributed by atoms with van der Waals surface area (Å²) in [5.74, 6) is 0. The minimum Gasteiger partial charge on any atom is -0.390 e. The largest absolute Gasteiger partial charge is 0.390 e. The molecule has 3 N–H and O–H groups in total. The van der Waals surface area contributed by atoms with E-state index in [9.17, 15) is 10.2 Å². The number of rotatable bonds is 5. The highest BCUT2D eigenvalue weighted by atomic mass is 16.3. The summed E-state index contributed by atoms with van der Waals surface area (Å²) in [6.45, 7) is 4.68. The lowest BCUT2D eigenvalue weighted by Crippen LogP contribution is -2.23. The van der Waals surface area contributed by atoms with Crippen LogP contribution in [0, 0.1) is 13.8 Å². The van der Waals surface area contributed by atoms with E-state index < -0.39 is 12.2 Å². The van der Waals surface area contributed by atoms with Gasteiger partial charge in [-0.05, 0) is 39.4 Å². The second kappa shape index (κ2) is 5.99.